The van der Waals surface area contributed by atoms with E-state index in [0.29, 0.717) is 0 Å². The van der Waals surface area contributed by atoms with E-state index < -0.39 is 0 Å². The number of hydrogen-bond donors (Lipinski definition) is 1. The van der Waals surface area contributed by atoms with Crippen LogP contribution in [0.3, 0.4) is 0 Å². The standard InChI is InChI=1S/C11H14N2O/c1-7-3-5-8(6-4-7)10-9(12)11(14)13(10)2/h3-6,9-10H,12H2,1-2H3. The molecule has 2 rings (SSSR count). The van der Waals surface area contributed by atoms with Crippen molar-refractivity contribution < 1.29 is 4.79 Å². The van der Waals surface area contributed by atoms with E-state index in [-0.39, 0.29) is 18.0 Å². The van der Waals surface area contributed by atoms with Crippen LogP contribution in [-0.4, -0.2) is 23.9 Å². The van der Waals surface area contributed by atoms with Gasteiger partial charge in [-0.1, -0.05) is 29.8 Å². The molecule has 0 radical (unpaired) electrons. The molecule has 14 heavy (non-hydrogen) atoms. The number of nitrogens with zero attached hydrogens (tertiary/aromatic N) is 1. The second-order valence-corrected chi connectivity index (χ2v) is 3.83. The van der Waals surface area contributed by atoms with Gasteiger partial charge in [-0.2, -0.15) is 0 Å². The minimum absolute atomic E-state index is 0.0237. The summed E-state index contributed by atoms with van der Waals surface area (Å²) in [6.07, 6.45) is 0. The monoisotopic (exact) mass is 190 g/mol. The van der Waals surface area contributed by atoms with Crippen molar-refractivity contribution >= 4 is 5.91 Å². The second kappa shape index (κ2) is 3.10. The molecule has 0 aromatic heterocycles. The maximum atomic E-state index is 11.2. The third-order valence-corrected chi connectivity index (χ3v) is 2.81. The number of β-lactam (4-membered cyclic amide) rings is 1. The molecule has 74 valence electrons. The van der Waals surface area contributed by atoms with E-state index in [1.165, 1.54) is 5.56 Å². The van der Waals surface area contributed by atoms with Gasteiger partial charge in [0.25, 0.3) is 0 Å². The molecule has 1 aromatic rings. The molecular formula is C11H14N2O. The number of aryl methyl sites for hydroxylation is 1. The molecule has 0 bridgehead atoms. The molecule has 1 amide bonds. The Kier molecular flexibility index (Phi) is 2.04. The van der Waals surface area contributed by atoms with Gasteiger partial charge in [0.2, 0.25) is 5.91 Å². The quantitative estimate of drug-likeness (QED) is 0.667. The van der Waals surface area contributed by atoms with Gasteiger partial charge in [-0.3, -0.25) is 4.79 Å². The predicted molar refractivity (Wildman–Crippen MR) is 54.7 cm³/mol. The van der Waals surface area contributed by atoms with Crippen LogP contribution in [0.4, 0.5) is 0 Å². The van der Waals surface area contributed by atoms with Gasteiger partial charge in [0.15, 0.2) is 0 Å². The summed E-state index contributed by atoms with van der Waals surface area (Å²) >= 11 is 0. The Balaban J connectivity index is 2.24. The molecule has 0 aliphatic carbocycles. The third kappa shape index (κ3) is 1.21. The van der Waals surface area contributed by atoms with Gasteiger partial charge in [0.1, 0.15) is 6.04 Å². The van der Waals surface area contributed by atoms with Crippen LogP contribution in [0.15, 0.2) is 24.3 Å². The lowest BCUT2D eigenvalue weighted by molar-refractivity contribution is -0.146. The zero-order valence-electron chi connectivity index (χ0n) is 8.40. The summed E-state index contributed by atoms with van der Waals surface area (Å²) in [7, 11) is 1.79. The van der Waals surface area contributed by atoms with Gasteiger partial charge in [-0.15, -0.1) is 0 Å². The Morgan fingerprint density at radius 2 is 1.86 bits per heavy atom. The normalized spacial score (nSPS) is 26.2. The molecule has 1 fully saturated rings. The van der Waals surface area contributed by atoms with Crippen LogP contribution in [0.25, 0.3) is 0 Å². The molecule has 1 aliphatic heterocycles. The molecule has 0 saturated carbocycles. The summed E-state index contributed by atoms with van der Waals surface area (Å²) in [5.41, 5.74) is 8.07. The van der Waals surface area contributed by atoms with Crippen molar-refractivity contribution in [1.82, 2.24) is 4.90 Å². The van der Waals surface area contributed by atoms with Gasteiger partial charge in [0.05, 0.1) is 6.04 Å². The third-order valence-electron chi connectivity index (χ3n) is 2.81. The lowest BCUT2D eigenvalue weighted by Gasteiger charge is -2.43. The maximum absolute atomic E-state index is 11.2. The second-order valence-electron chi connectivity index (χ2n) is 3.83. The van der Waals surface area contributed by atoms with Crippen molar-refractivity contribution in [2.75, 3.05) is 7.05 Å². The predicted octanol–water partition coefficient (Wildman–Crippen LogP) is 0.835. The number of hydrogen-bond acceptors (Lipinski definition) is 2. The topological polar surface area (TPSA) is 46.3 Å². The number of amides is 1. The molecule has 1 saturated heterocycles. The number of likely N-dealkylation sites (N-methyl/N-ethyl adjacent to an activating group) is 1. The fourth-order valence-corrected chi connectivity index (χ4v) is 1.86. The molecule has 3 nitrogen and oxygen atoms in total. The van der Waals surface area contributed by atoms with E-state index in [0.717, 1.165) is 5.56 Å². The first kappa shape index (κ1) is 9.21. The summed E-state index contributed by atoms with van der Waals surface area (Å²) in [6.45, 7) is 2.04. The number of nitrogens with two attached hydrogens (primary N) is 1. The summed E-state index contributed by atoms with van der Waals surface area (Å²) in [5.74, 6) is 0.0237. The molecule has 1 aromatic carbocycles. The van der Waals surface area contributed by atoms with E-state index >= 15 is 0 Å². The highest BCUT2D eigenvalue weighted by molar-refractivity contribution is 5.89. The molecule has 1 heterocycles. The largest absolute Gasteiger partial charge is 0.335 e. The first-order valence-electron chi connectivity index (χ1n) is 4.70. The van der Waals surface area contributed by atoms with E-state index in [1.54, 1.807) is 11.9 Å². The van der Waals surface area contributed by atoms with Gasteiger partial charge in [-0.25, -0.2) is 0 Å². The Bertz CT molecular complexity index is 346. The molecule has 2 unspecified atom stereocenters. The Morgan fingerprint density at radius 1 is 1.29 bits per heavy atom. The molecule has 1 aliphatic rings. The van der Waals surface area contributed by atoms with E-state index in [2.05, 4.69) is 0 Å². The van der Waals surface area contributed by atoms with E-state index in [4.69, 9.17) is 5.73 Å². The summed E-state index contributed by atoms with van der Waals surface area (Å²) in [4.78, 5) is 12.9. The number of benzene rings is 1. The van der Waals surface area contributed by atoms with Gasteiger partial charge in [0, 0.05) is 7.05 Å². The van der Waals surface area contributed by atoms with Crippen molar-refractivity contribution in [3.05, 3.63) is 35.4 Å². The lowest BCUT2D eigenvalue weighted by Crippen LogP contribution is -2.61. The van der Waals surface area contributed by atoms with Gasteiger partial charge < -0.3 is 10.6 Å². The first-order chi connectivity index (χ1) is 6.61. The summed E-state index contributed by atoms with van der Waals surface area (Å²) < 4.78 is 0. The average Bonchev–Trinajstić information content (AvgIpc) is 2.21. The van der Waals surface area contributed by atoms with Crippen LogP contribution in [0.5, 0.6) is 0 Å². The van der Waals surface area contributed by atoms with Crippen LogP contribution in [0, 0.1) is 6.92 Å². The highest BCUT2D eigenvalue weighted by atomic mass is 16.2. The zero-order chi connectivity index (χ0) is 10.3. The van der Waals surface area contributed by atoms with Crippen molar-refractivity contribution in [3.8, 4) is 0 Å². The molecule has 0 spiro atoms. The Labute approximate surface area is 83.5 Å². The maximum Gasteiger partial charge on any atom is 0.242 e. The molecular weight excluding hydrogens is 176 g/mol. The van der Waals surface area contributed by atoms with Crippen LogP contribution in [-0.2, 0) is 4.79 Å². The summed E-state index contributed by atoms with van der Waals surface area (Å²) in [6, 6.07) is 7.84. The van der Waals surface area contributed by atoms with Crippen LogP contribution >= 0.6 is 0 Å². The zero-order valence-corrected chi connectivity index (χ0v) is 8.40. The average molecular weight is 190 g/mol. The first-order valence-corrected chi connectivity index (χ1v) is 4.70. The minimum atomic E-state index is -0.359. The number of rotatable bonds is 1. The minimum Gasteiger partial charge on any atom is -0.335 e. The van der Waals surface area contributed by atoms with E-state index in [9.17, 15) is 4.79 Å². The van der Waals surface area contributed by atoms with Crippen molar-refractivity contribution in [2.24, 2.45) is 5.73 Å². The van der Waals surface area contributed by atoms with E-state index in [1.807, 2.05) is 31.2 Å². The molecule has 2 N–H and O–H groups in total. The lowest BCUT2D eigenvalue weighted by atomic mass is 9.90. The fraction of sp³-hybridized carbons (Fsp3) is 0.364. The van der Waals surface area contributed by atoms with Crippen molar-refractivity contribution in [1.29, 1.82) is 0 Å². The van der Waals surface area contributed by atoms with Gasteiger partial charge in [-0.05, 0) is 12.5 Å². The molecule has 2 atom stereocenters. The highest BCUT2D eigenvalue weighted by Crippen LogP contribution is 2.31. The fourth-order valence-electron chi connectivity index (χ4n) is 1.86. The van der Waals surface area contributed by atoms with Crippen molar-refractivity contribution in [3.63, 3.8) is 0 Å². The number of carbonyl (C=O) groups excluding carboxylic acids is 1. The van der Waals surface area contributed by atoms with Crippen LogP contribution < -0.4 is 5.73 Å². The van der Waals surface area contributed by atoms with Crippen molar-refractivity contribution in [2.45, 2.75) is 19.0 Å². The molecule has 3 heteroatoms. The Morgan fingerprint density at radius 3 is 2.36 bits per heavy atom. The summed E-state index contributed by atoms with van der Waals surface area (Å²) in [5, 5.41) is 0. The van der Waals surface area contributed by atoms with Crippen LogP contribution in [0.2, 0.25) is 0 Å². The smallest absolute Gasteiger partial charge is 0.242 e. The Hall–Kier alpha value is -1.35. The van der Waals surface area contributed by atoms with Gasteiger partial charge >= 0.3 is 0 Å². The van der Waals surface area contributed by atoms with Crippen LogP contribution in [0.1, 0.15) is 17.2 Å². The highest BCUT2D eigenvalue weighted by Gasteiger charge is 2.42. The number of carbonyl (C=O) groups is 1. The SMILES string of the molecule is Cc1ccc(C2C(N)C(=O)N2C)cc1. The number of likely N-dealkylation sites (tertiary alicyclic amines) is 1.